The van der Waals surface area contributed by atoms with Gasteiger partial charge in [-0.1, -0.05) is 0 Å². The molecule has 1 amide bonds. The zero-order chi connectivity index (χ0) is 20.4. The van der Waals surface area contributed by atoms with Crippen LogP contribution in [0.1, 0.15) is 44.0 Å². The molecule has 0 fully saturated rings. The first-order valence-electron chi connectivity index (χ1n) is 8.88. The van der Waals surface area contributed by atoms with Gasteiger partial charge in [0.15, 0.2) is 11.5 Å². The number of carboxylic acid groups (broad SMARTS) is 1. The van der Waals surface area contributed by atoms with Crippen LogP contribution in [-0.2, 0) is 12.8 Å². The molecule has 0 atom stereocenters. The smallest absolute Gasteiger partial charge is 0.339 e. The Morgan fingerprint density at radius 2 is 1.64 bits per heavy atom. The Bertz CT molecular complexity index is 895. The molecule has 0 saturated heterocycles. The Kier molecular flexibility index (Phi) is 5.79. The number of amides is 1. The first-order valence-corrected chi connectivity index (χ1v) is 9.70. The molecule has 3 rings (SSSR count). The summed E-state index contributed by atoms with van der Waals surface area (Å²) in [6.07, 6.45) is 3.59. The van der Waals surface area contributed by atoms with E-state index in [-0.39, 0.29) is 11.5 Å². The van der Waals surface area contributed by atoms with Crippen LogP contribution in [0, 0.1) is 0 Å². The quantitative estimate of drug-likeness (QED) is 0.790. The number of hydrogen-bond donors (Lipinski definition) is 1. The fourth-order valence-electron chi connectivity index (χ4n) is 3.50. The molecule has 1 N–H and O–H groups in total. The maximum Gasteiger partial charge on any atom is 0.339 e. The Balaban J connectivity index is 2.04. The Hall–Kier alpha value is -2.74. The Labute approximate surface area is 167 Å². The lowest BCUT2D eigenvalue weighted by Crippen LogP contribution is -2.27. The summed E-state index contributed by atoms with van der Waals surface area (Å²) in [6, 6.07) is 3.13. The van der Waals surface area contributed by atoms with Gasteiger partial charge in [0, 0.05) is 17.5 Å². The summed E-state index contributed by atoms with van der Waals surface area (Å²) >= 11 is 1.39. The molecule has 1 aromatic carbocycles. The van der Waals surface area contributed by atoms with Crippen LogP contribution in [0.4, 0.5) is 5.00 Å². The van der Waals surface area contributed by atoms with Gasteiger partial charge in [0.05, 0.1) is 26.9 Å². The van der Waals surface area contributed by atoms with Crippen molar-refractivity contribution in [3.8, 4) is 17.2 Å². The van der Waals surface area contributed by atoms with Gasteiger partial charge in [-0.2, -0.15) is 0 Å². The first kappa shape index (κ1) is 20.0. The number of carbonyl (C=O) groups excluding carboxylic acids is 1. The van der Waals surface area contributed by atoms with Crippen molar-refractivity contribution in [1.29, 1.82) is 0 Å². The standard InChI is InChI=1S/C20H23NO6S/c1-21(19-16(20(23)24)12-7-5-6-8-15(12)28-19)18(22)11-9-13(25-2)17(27-4)14(10-11)26-3/h9-10H,5-8H2,1-4H3,(H,23,24). The van der Waals surface area contributed by atoms with Gasteiger partial charge >= 0.3 is 5.97 Å². The number of fused-ring (bicyclic) bond motifs is 1. The molecule has 1 aromatic heterocycles. The SMILES string of the molecule is COc1cc(C(=O)N(C)c2sc3c(c2C(=O)O)CCCC3)cc(OC)c1OC. The van der Waals surface area contributed by atoms with Crippen molar-refractivity contribution < 1.29 is 28.9 Å². The lowest BCUT2D eigenvalue weighted by molar-refractivity contribution is 0.0697. The van der Waals surface area contributed by atoms with Gasteiger partial charge in [-0.3, -0.25) is 4.79 Å². The highest BCUT2D eigenvalue weighted by atomic mass is 32.1. The zero-order valence-electron chi connectivity index (χ0n) is 16.3. The predicted molar refractivity (Wildman–Crippen MR) is 107 cm³/mol. The molecular weight excluding hydrogens is 382 g/mol. The topological polar surface area (TPSA) is 85.3 Å². The van der Waals surface area contributed by atoms with E-state index in [1.807, 2.05) is 0 Å². The number of methoxy groups -OCH3 is 3. The van der Waals surface area contributed by atoms with Gasteiger partial charge < -0.3 is 24.2 Å². The molecule has 2 aromatic rings. The fourth-order valence-corrected chi connectivity index (χ4v) is 4.84. The third kappa shape index (κ3) is 3.40. The molecule has 28 heavy (non-hydrogen) atoms. The molecule has 0 radical (unpaired) electrons. The van der Waals surface area contributed by atoms with Gasteiger partial charge in [0.2, 0.25) is 5.75 Å². The number of carboxylic acids is 1. The van der Waals surface area contributed by atoms with Crippen molar-refractivity contribution in [2.75, 3.05) is 33.3 Å². The minimum atomic E-state index is -1.00. The molecule has 1 aliphatic carbocycles. The van der Waals surface area contributed by atoms with Gasteiger partial charge in [0.25, 0.3) is 5.91 Å². The summed E-state index contributed by atoms with van der Waals surface area (Å²) in [7, 11) is 6.04. The molecule has 7 nitrogen and oxygen atoms in total. The van der Waals surface area contributed by atoms with E-state index in [0.29, 0.717) is 27.8 Å². The van der Waals surface area contributed by atoms with Crippen LogP contribution in [0.2, 0.25) is 0 Å². The summed E-state index contributed by atoms with van der Waals surface area (Å²) in [6.45, 7) is 0. The molecule has 0 spiro atoms. The number of aryl methyl sites for hydroxylation is 1. The van der Waals surface area contributed by atoms with Crippen molar-refractivity contribution in [2.45, 2.75) is 25.7 Å². The van der Waals surface area contributed by atoms with Crippen molar-refractivity contribution >= 4 is 28.2 Å². The number of thiophene rings is 1. The minimum Gasteiger partial charge on any atom is -0.493 e. The third-order valence-corrected chi connectivity index (χ3v) is 6.26. The van der Waals surface area contributed by atoms with E-state index in [1.54, 1.807) is 19.2 Å². The average Bonchev–Trinajstić information content (AvgIpc) is 3.11. The van der Waals surface area contributed by atoms with Crippen LogP contribution >= 0.6 is 11.3 Å². The van der Waals surface area contributed by atoms with Gasteiger partial charge in [-0.25, -0.2) is 4.79 Å². The predicted octanol–water partition coefficient (Wildman–Crippen LogP) is 3.63. The van der Waals surface area contributed by atoms with Gasteiger partial charge in [-0.05, 0) is 43.4 Å². The normalized spacial score (nSPS) is 12.9. The van der Waals surface area contributed by atoms with Crippen molar-refractivity contribution in [1.82, 2.24) is 0 Å². The maximum absolute atomic E-state index is 13.2. The van der Waals surface area contributed by atoms with Crippen LogP contribution in [-0.4, -0.2) is 45.4 Å². The van der Waals surface area contributed by atoms with Crippen LogP contribution in [0.5, 0.6) is 17.2 Å². The van der Waals surface area contributed by atoms with Crippen LogP contribution < -0.4 is 19.1 Å². The molecular formula is C20H23NO6S. The van der Waals surface area contributed by atoms with Crippen LogP contribution in [0.15, 0.2) is 12.1 Å². The van der Waals surface area contributed by atoms with E-state index < -0.39 is 5.97 Å². The second kappa shape index (κ2) is 8.10. The maximum atomic E-state index is 13.2. The number of ether oxygens (including phenoxy) is 3. The molecule has 8 heteroatoms. The first-order chi connectivity index (χ1) is 13.4. The molecule has 150 valence electrons. The lowest BCUT2D eigenvalue weighted by Gasteiger charge is -2.19. The molecule has 1 aliphatic rings. The minimum absolute atomic E-state index is 0.239. The monoisotopic (exact) mass is 405 g/mol. The summed E-state index contributed by atoms with van der Waals surface area (Å²) in [5.74, 6) is -0.230. The van der Waals surface area contributed by atoms with E-state index in [9.17, 15) is 14.7 Å². The highest BCUT2D eigenvalue weighted by Crippen LogP contribution is 2.42. The van der Waals surface area contributed by atoms with Crippen LogP contribution in [0.25, 0.3) is 0 Å². The number of carbonyl (C=O) groups is 2. The van der Waals surface area contributed by atoms with E-state index in [1.165, 1.54) is 37.6 Å². The van der Waals surface area contributed by atoms with E-state index in [2.05, 4.69) is 0 Å². The van der Waals surface area contributed by atoms with Crippen molar-refractivity contribution in [3.63, 3.8) is 0 Å². The molecule has 0 saturated carbocycles. The largest absolute Gasteiger partial charge is 0.493 e. The third-order valence-electron chi connectivity index (χ3n) is 4.89. The van der Waals surface area contributed by atoms with Crippen LogP contribution in [0.3, 0.4) is 0 Å². The van der Waals surface area contributed by atoms with E-state index in [4.69, 9.17) is 14.2 Å². The molecule has 0 bridgehead atoms. The average molecular weight is 405 g/mol. The second-order valence-corrected chi connectivity index (χ2v) is 7.56. The lowest BCUT2D eigenvalue weighted by atomic mass is 9.95. The van der Waals surface area contributed by atoms with Gasteiger partial charge in [-0.15, -0.1) is 11.3 Å². The number of benzene rings is 1. The van der Waals surface area contributed by atoms with Crippen molar-refractivity contribution in [2.24, 2.45) is 0 Å². The number of aromatic carboxylic acids is 1. The Morgan fingerprint density at radius 1 is 1.04 bits per heavy atom. The highest BCUT2D eigenvalue weighted by Gasteiger charge is 2.30. The summed E-state index contributed by atoms with van der Waals surface area (Å²) in [4.78, 5) is 27.5. The fraction of sp³-hybridized carbons (Fsp3) is 0.400. The highest BCUT2D eigenvalue weighted by molar-refractivity contribution is 7.17. The zero-order valence-corrected chi connectivity index (χ0v) is 17.1. The summed E-state index contributed by atoms with van der Waals surface area (Å²) in [5.41, 5.74) is 1.42. The second-order valence-electron chi connectivity index (χ2n) is 6.47. The Morgan fingerprint density at radius 3 is 2.18 bits per heavy atom. The molecule has 0 unspecified atom stereocenters. The number of hydrogen-bond acceptors (Lipinski definition) is 6. The number of anilines is 1. The van der Waals surface area contributed by atoms with E-state index in [0.717, 1.165) is 36.1 Å². The number of rotatable bonds is 6. The van der Waals surface area contributed by atoms with Gasteiger partial charge in [0.1, 0.15) is 5.00 Å². The molecule has 1 heterocycles. The summed E-state index contributed by atoms with van der Waals surface area (Å²) in [5, 5.41) is 10.2. The molecule has 0 aliphatic heterocycles. The van der Waals surface area contributed by atoms with Crippen molar-refractivity contribution in [3.05, 3.63) is 33.7 Å². The summed E-state index contributed by atoms with van der Waals surface area (Å²) < 4.78 is 15.9. The van der Waals surface area contributed by atoms with E-state index >= 15 is 0 Å². The number of nitrogens with zero attached hydrogens (tertiary/aromatic N) is 1.